The summed E-state index contributed by atoms with van der Waals surface area (Å²) in [5.74, 6) is -4.55. The van der Waals surface area contributed by atoms with Gasteiger partial charge in [0, 0.05) is 11.4 Å². The molecule has 0 fully saturated rings. The Balaban J connectivity index is 2.85. The second-order valence-corrected chi connectivity index (χ2v) is 5.67. The minimum atomic E-state index is -5.71. The Hall–Kier alpha value is -1.82. The standard InChI is InChI=1S/C12H6Cl2F8N2O2/c13-9(15,11(17,18)19)7(25)23-5-1-2-6(4-3-5)24-8(26)10(14,16)12(20,21)22/h1-4H,(H,23,25)(H,24,26). The van der Waals surface area contributed by atoms with Gasteiger partial charge in [-0.3, -0.25) is 9.59 Å². The van der Waals surface area contributed by atoms with E-state index >= 15 is 0 Å². The van der Waals surface area contributed by atoms with Gasteiger partial charge < -0.3 is 10.6 Å². The summed E-state index contributed by atoms with van der Waals surface area (Å²) in [4.78, 5) is 22.4. The van der Waals surface area contributed by atoms with Gasteiger partial charge in [-0.25, -0.2) is 8.78 Å². The molecule has 26 heavy (non-hydrogen) atoms. The zero-order valence-electron chi connectivity index (χ0n) is 11.9. The van der Waals surface area contributed by atoms with Gasteiger partial charge in [0.25, 0.3) is 11.8 Å². The average Bonchev–Trinajstić information content (AvgIpc) is 2.46. The van der Waals surface area contributed by atoms with Gasteiger partial charge in [-0.15, -0.1) is 0 Å². The number of rotatable bonds is 4. The highest BCUT2D eigenvalue weighted by Gasteiger charge is 2.61. The third kappa shape index (κ3) is 4.67. The SMILES string of the molecule is O=C(Nc1ccc(NC(=O)C(F)(Cl)C(F)(F)F)cc1)C(F)(Cl)C(F)(F)F. The van der Waals surface area contributed by atoms with Gasteiger partial charge in [-0.05, 0) is 24.3 Å². The van der Waals surface area contributed by atoms with Crippen LogP contribution in [0.4, 0.5) is 46.5 Å². The molecule has 4 nitrogen and oxygen atoms in total. The molecule has 0 aliphatic heterocycles. The molecule has 2 N–H and O–H groups in total. The number of anilines is 2. The Morgan fingerprint density at radius 2 is 0.885 bits per heavy atom. The molecule has 0 aliphatic carbocycles. The fourth-order valence-electron chi connectivity index (χ4n) is 1.31. The molecule has 0 aromatic heterocycles. The predicted octanol–water partition coefficient (Wildman–Crippen LogP) is 4.50. The van der Waals surface area contributed by atoms with Crippen LogP contribution in [0.5, 0.6) is 0 Å². The van der Waals surface area contributed by atoms with Crippen molar-refractivity contribution in [3.8, 4) is 0 Å². The second kappa shape index (κ2) is 7.06. The minimum Gasteiger partial charge on any atom is -0.322 e. The first-order chi connectivity index (χ1) is 11.5. The summed E-state index contributed by atoms with van der Waals surface area (Å²) in [5, 5.41) is -6.52. The second-order valence-electron chi connectivity index (χ2n) is 4.63. The molecule has 0 saturated carbocycles. The lowest BCUT2D eigenvalue weighted by Gasteiger charge is -2.21. The van der Waals surface area contributed by atoms with Crippen LogP contribution >= 0.6 is 23.2 Å². The largest absolute Gasteiger partial charge is 0.446 e. The van der Waals surface area contributed by atoms with Crippen LogP contribution in [0.3, 0.4) is 0 Å². The smallest absolute Gasteiger partial charge is 0.322 e. The van der Waals surface area contributed by atoms with Gasteiger partial charge in [0.2, 0.25) is 0 Å². The fourth-order valence-corrected chi connectivity index (χ4v) is 1.41. The van der Waals surface area contributed by atoms with Crippen LogP contribution in [0, 0.1) is 0 Å². The molecule has 1 rings (SSSR count). The Bertz CT molecular complexity index is 627. The maximum atomic E-state index is 13.2. The van der Waals surface area contributed by atoms with E-state index in [1.54, 1.807) is 0 Å². The Labute approximate surface area is 149 Å². The lowest BCUT2D eigenvalue weighted by Crippen LogP contribution is -2.46. The van der Waals surface area contributed by atoms with Crippen molar-refractivity contribution in [2.24, 2.45) is 0 Å². The average molecular weight is 433 g/mol. The van der Waals surface area contributed by atoms with Gasteiger partial charge in [-0.1, -0.05) is 23.2 Å². The molecule has 0 saturated heterocycles. The number of nitrogens with one attached hydrogen (secondary N) is 2. The first-order valence-corrected chi connectivity index (χ1v) is 6.88. The molecule has 2 amide bonds. The molecule has 1 aromatic rings. The first-order valence-electron chi connectivity index (χ1n) is 6.12. The van der Waals surface area contributed by atoms with Crippen LogP contribution in [0.15, 0.2) is 24.3 Å². The number of halogens is 10. The third-order valence-corrected chi connectivity index (χ3v) is 3.45. The zero-order valence-corrected chi connectivity index (χ0v) is 13.4. The van der Waals surface area contributed by atoms with Gasteiger partial charge in [0.1, 0.15) is 0 Å². The lowest BCUT2D eigenvalue weighted by molar-refractivity contribution is -0.198. The summed E-state index contributed by atoms with van der Waals surface area (Å²) < 4.78 is 99.8. The number of benzene rings is 1. The Morgan fingerprint density at radius 3 is 1.08 bits per heavy atom. The van der Waals surface area contributed by atoms with Crippen LogP contribution in [0.2, 0.25) is 0 Å². The maximum absolute atomic E-state index is 13.2. The summed E-state index contributed by atoms with van der Waals surface area (Å²) in [6.07, 6.45) is -11.4. The minimum absolute atomic E-state index is 0.451. The van der Waals surface area contributed by atoms with Crippen molar-refractivity contribution < 1.29 is 44.7 Å². The van der Waals surface area contributed by atoms with E-state index in [0.717, 1.165) is 24.3 Å². The number of carbonyl (C=O) groups excluding carboxylic acids is 2. The van der Waals surface area contributed by atoms with Gasteiger partial charge in [0.05, 0.1) is 0 Å². The summed E-state index contributed by atoms with van der Waals surface area (Å²) in [6.45, 7) is 0. The summed E-state index contributed by atoms with van der Waals surface area (Å²) in [7, 11) is 0. The molecule has 0 aliphatic rings. The molecule has 0 heterocycles. The fraction of sp³-hybridized carbons (Fsp3) is 0.333. The number of hydrogen-bond acceptors (Lipinski definition) is 2. The highest BCUT2D eigenvalue weighted by atomic mass is 35.5. The van der Waals surface area contributed by atoms with Crippen LogP contribution in [0.25, 0.3) is 0 Å². The van der Waals surface area contributed by atoms with E-state index in [1.807, 2.05) is 0 Å². The third-order valence-electron chi connectivity index (χ3n) is 2.68. The number of carbonyl (C=O) groups is 2. The molecule has 0 radical (unpaired) electrons. The highest BCUT2D eigenvalue weighted by molar-refractivity contribution is 6.36. The Morgan fingerprint density at radius 1 is 0.654 bits per heavy atom. The van der Waals surface area contributed by atoms with E-state index in [0.29, 0.717) is 0 Å². The molecule has 14 heteroatoms. The molecule has 0 bridgehead atoms. The van der Waals surface area contributed by atoms with E-state index in [2.05, 4.69) is 23.2 Å². The predicted molar refractivity (Wildman–Crippen MR) is 75.2 cm³/mol. The van der Waals surface area contributed by atoms with Crippen molar-refractivity contribution in [3.05, 3.63) is 24.3 Å². The molecule has 0 spiro atoms. The molecular weight excluding hydrogens is 427 g/mol. The van der Waals surface area contributed by atoms with Crippen molar-refractivity contribution >= 4 is 46.4 Å². The normalized spacial score (nSPS) is 17.0. The van der Waals surface area contributed by atoms with E-state index in [-0.39, 0.29) is 0 Å². The van der Waals surface area contributed by atoms with Gasteiger partial charge >= 0.3 is 22.6 Å². The number of alkyl halides is 10. The van der Waals surface area contributed by atoms with Crippen molar-refractivity contribution in [2.45, 2.75) is 22.6 Å². The maximum Gasteiger partial charge on any atom is 0.446 e. The van der Waals surface area contributed by atoms with Crippen LogP contribution in [-0.2, 0) is 9.59 Å². The summed E-state index contributed by atoms with van der Waals surface area (Å²) in [6, 6.07) is 3.11. The van der Waals surface area contributed by atoms with Crippen LogP contribution in [-0.4, -0.2) is 34.4 Å². The Kier molecular flexibility index (Phi) is 6.04. The number of amides is 2. The van der Waals surface area contributed by atoms with Crippen LogP contribution in [0.1, 0.15) is 0 Å². The van der Waals surface area contributed by atoms with Crippen molar-refractivity contribution in [1.82, 2.24) is 0 Å². The van der Waals surface area contributed by atoms with Crippen molar-refractivity contribution in [1.29, 1.82) is 0 Å². The van der Waals surface area contributed by atoms with Crippen LogP contribution < -0.4 is 10.6 Å². The summed E-state index contributed by atoms with van der Waals surface area (Å²) in [5.41, 5.74) is -0.902. The van der Waals surface area contributed by atoms with E-state index in [1.165, 1.54) is 10.6 Å². The van der Waals surface area contributed by atoms with E-state index < -0.39 is 45.8 Å². The van der Waals surface area contributed by atoms with Gasteiger partial charge in [-0.2, -0.15) is 26.3 Å². The lowest BCUT2D eigenvalue weighted by atomic mass is 10.2. The van der Waals surface area contributed by atoms with Gasteiger partial charge in [0.15, 0.2) is 0 Å². The first kappa shape index (κ1) is 22.2. The molecular formula is C12H6Cl2F8N2O2. The molecule has 2 atom stereocenters. The van der Waals surface area contributed by atoms with Crippen molar-refractivity contribution in [3.63, 3.8) is 0 Å². The quantitative estimate of drug-likeness (QED) is 0.543. The van der Waals surface area contributed by atoms with Crippen molar-refractivity contribution in [2.75, 3.05) is 10.6 Å². The zero-order chi connectivity index (χ0) is 20.6. The monoisotopic (exact) mass is 432 g/mol. The molecule has 146 valence electrons. The number of hydrogen-bond donors (Lipinski definition) is 2. The highest BCUT2D eigenvalue weighted by Crippen LogP contribution is 2.39. The topological polar surface area (TPSA) is 58.2 Å². The van der Waals surface area contributed by atoms with E-state index in [9.17, 15) is 44.7 Å². The summed E-state index contributed by atoms with van der Waals surface area (Å²) >= 11 is 8.96. The molecule has 2 unspecified atom stereocenters. The van der Waals surface area contributed by atoms with E-state index in [4.69, 9.17) is 0 Å². The molecule has 1 aromatic carbocycles.